The number of hydrogen-bond acceptors (Lipinski definition) is 4. The minimum atomic E-state index is -4.40. The lowest BCUT2D eigenvalue weighted by atomic mass is 10.2. The zero-order valence-electron chi connectivity index (χ0n) is 14.5. The molecule has 146 valence electrons. The highest BCUT2D eigenvalue weighted by atomic mass is 35.5. The molecule has 0 spiro atoms. The van der Waals surface area contributed by atoms with Crippen LogP contribution in [0.2, 0.25) is 5.02 Å². The second-order valence-electron chi connectivity index (χ2n) is 6.42. The fourth-order valence-electron chi connectivity index (χ4n) is 3.17. The summed E-state index contributed by atoms with van der Waals surface area (Å²) < 4.78 is 39.0. The number of carbonyl (C=O) groups excluding carboxylic acids is 1. The van der Waals surface area contributed by atoms with Crippen LogP contribution in [0.5, 0.6) is 0 Å². The molecular weight excluding hydrogens is 411 g/mol. The van der Waals surface area contributed by atoms with E-state index in [1.165, 1.54) is 17.4 Å². The van der Waals surface area contributed by atoms with E-state index >= 15 is 0 Å². The molecule has 4 nitrogen and oxygen atoms in total. The van der Waals surface area contributed by atoms with Crippen LogP contribution in [-0.4, -0.2) is 42.0 Å². The third-order valence-corrected chi connectivity index (χ3v) is 6.36. The molecule has 1 fully saturated rings. The van der Waals surface area contributed by atoms with Crippen molar-refractivity contribution < 1.29 is 18.0 Å². The Hall–Kier alpha value is -2.32. The lowest BCUT2D eigenvalue weighted by Gasteiger charge is -2.35. The Kier molecular flexibility index (Phi) is 4.93. The molecule has 9 heteroatoms. The summed E-state index contributed by atoms with van der Waals surface area (Å²) >= 11 is 7.77. The van der Waals surface area contributed by atoms with Gasteiger partial charge in [-0.05, 0) is 18.2 Å². The van der Waals surface area contributed by atoms with E-state index in [0.717, 1.165) is 22.3 Å². The van der Waals surface area contributed by atoms with Crippen LogP contribution in [0.3, 0.4) is 0 Å². The van der Waals surface area contributed by atoms with E-state index in [0.29, 0.717) is 41.9 Å². The fourth-order valence-corrected chi connectivity index (χ4v) is 4.65. The van der Waals surface area contributed by atoms with Gasteiger partial charge in [-0.15, -0.1) is 11.3 Å². The predicted molar refractivity (Wildman–Crippen MR) is 104 cm³/mol. The zero-order chi connectivity index (χ0) is 19.9. The molecule has 0 unspecified atom stereocenters. The largest absolute Gasteiger partial charge is 0.417 e. The molecule has 1 saturated heterocycles. The van der Waals surface area contributed by atoms with Crippen molar-refractivity contribution in [2.24, 2.45) is 0 Å². The standard InChI is InChI=1S/C19H15ClF3N3OS/c20-16-13-3-1-2-4-14(13)28-17(16)18(27)26-9-7-25(8-10-26)15-6-5-12(11-24-15)19(21,22)23/h1-6,11H,7-10H2. The van der Waals surface area contributed by atoms with Crippen molar-refractivity contribution in [3.8, 4) is 0 Å². The highest BCUT2D eigenvalue weighted by Gasteiger charge is 2.31. The minimum Gasteiger partial charge on any atom is -0.353 e. The maximum atomic E-state index is 12.9. The van der Waals surface area contributed by atoms with Crippen molar-refractivity contribution in [2.75, 3.05) is 31.1 Å². The molecule has 2 aromatic heterocycles. The average molecular weight is 426 g/mol. The van der Waals surface area contributed by atoms with E-state index in [9.17, 15) is 18.0 Å². The van der Waals surface area contributed by atoms with Gasteiger partial charge in [0.2, 0.25) is 0 Å². The summed E-state index contributed by atoms with van der Waals surface area (Å²) in [4.78, 5) is 20.9. The Labute approximate surface area is 168 Å². The molecule has 0 radical (unpaired) electrons. The first-order valence-electron chi connectivity index (χ1n) is 8.59. The minimum absolute atomic E-state index is 0.119. The molecule has 1 aliphatic heterocycles. The number of nitrogens with zero attached hydrogens (tertiary/aromatic N) is 3. The molecule has 3 aromatic rings. The summed E-state index contributed by atoms with van der Waals surface area (Å²) in [5.41, 5.74) is -0.774. The SMILES string of the molecule is O=C(c1sc2ccccc2c1Cl)N1CCN(c2ccc(C(F)(F)F)cn2)CC1. The van der Waals surface area contributed by atoms with Crippen LogP contribution < -0.4 is 4.90 Å². The second-order valence-corrected chi connectivity index (χ2v) is 7.85. The Morgan fingerprint density at radius 2 is 1.79 bits per heavy atom. The molecule has 0 atom stereocenters. The Morgan fingerprint density at radius 1 is 1.07 bits per heavy atom. The molecule has 0 N–H and O–H groups in total. The number of pyridine rings is 1. The lowest BCUT2D eigenvalue weighted by Crippen LogP contribution is -2.49. The second kappa shape index (κ2) is 7.25. The molecule has 0 bridgehead atoms. The van der Waals surface area contributed by atoms with Gasteiger partial charge in [-0.3, -0.25) is 4.79 Å². The van der Waals surface area contributed by atoms with Gasteiger partial charge < -0.3 is 9.80 Å². The number of rotatable bonds is 2. The molecule has 4 rings (SSSR count). The van der Waals surface area contributed by atoms with E-state index in [1.807, 2.05) is 29.2 Å². The number of piperazine rings is 1. The number of anilines is 1. The number of amides is 1. The maximum absolute atomic E-state index is 12.9. The number of benzene rings is 1. The van der Waals surface area contributed by atoms with E-state index in [4.69, 9.17) is 11.6 Å². The van der Waals surface area contributed by atoms with Crippen LogP contribution in [0.25, 0.3) is 10.1 Å². The smallest absolute Gasteiger partial charge is 0.353 e. The third-order valence-electron chi connectivity index (χ3n) is 4.70. The van der Waals surface area contributed by atoms with Crippen molar-refractivity contribution >= 4 is 44.7 Å². The fraction of sp³-hybridized carbons (Fsp3) is 0.263. The molecular formula is C19H15ClF3N3OS. The molecule has 3 heterocycles. The monoisotopic (exact) mass is 425 g/mol. The molecule has 1 aliphatic rings. The van der Waals surface area contributed by atoms with E-state index in [-0.39, 0.29) is 5.91 Å². The Balaban J connectivity index is 1.45. The molecule has 0 saturated carbocycles. The molecule has 0 aliphatic carbocycles. The summed E-state index contributed by atoms with van der Waals surface area (Å²) in [6.07, 6.45) is -3.57. The topological polar surface area (TPSA) is 36.4 Å². The first-order chi connectivity index (χ1) is 13.3. The third kappa shape index (κ3) is 3.54. The van der Waals surface area contributed by atoms with Crippen molar-refractivity contribution in [3.05, 3.63) is 58.1 Å². The number of aromatic nitrogens is 1. The number of fused-ring (bicyclic) bond motifs is 1. The van der Waals surface area contributed by atoms with Crippen LogP contribution >= 0.6 is 22.9 Å². The highest BCUT2D eigenvalue weighted by molar-refractivity contribution is 7.21. The molecule has 1 aromatic carbocycles. The lowest BCUT2D eigenvalue weighted by molar-refractivity contribution is -0.137. The van der Waals surface area contributed by atoms with Gasteiger partial charge in [0.1, 0.15) is 10.7 Å². The number of carbonyl (C=O) groups is 1. The summed E-state index contributed by atoms with van der Waals surface area (Å²) in [6.45, 7) is 1.89. The van der Waals surface area contributed by atoms with E-state index < -0.39 is 11.7 Å². The van der Waals surface area contributed by atoms with Crippen LogP contribution in [0.1, 0.15) is 15.2 Å². The summed E-state index contributed by atoms with van der Waals surface area (Å²) in [6, 6.07) is 9.99. The quantitative estimate of drug-likeness (QED) is 0.584. The Bertz CT molecular complexity index is 1010. The number of halogens is 4. The highest BCUT2D eigenvalue weighted by Crippen LogP contribution is 2.36. The van der Waals surface area contributed by atoms with Crippen LogP contribution in [0, 0.1) is 0 Å². The van der Waals surface area contributed by atoms with Crippen LogP contribution in [0.15, 0.2) is 42.6 Å². The first-order valence-corrected chi connectivity index (χ1v) is 9.78. The molecule has 1 amide bonds. The van der Waals surface area contributed by atoms with Gasteiger partial charge in [-0.25, -0.2) is 4.98 Å². The van der Waals surface area contributed by atoms with Gasteiger partial charge >= 0.3 is 6.18 Å². The van der Waals surface area contributed by atoms with Crippen LogP contribution in [-0.2, 0) is 6.18 Å². The maximum Gasteiger partial charge on any atom is 0.417 e. The van der Waals surface area contributed by atoms with Crippen molar-refractivity contribution in [1.29, 1.82) is 0 Å². The van der Waals surface area contributed by atoms with E-state index in [1.54, 1.807) is 4.90 Å². The first kappa shape index (κ1) is 19.0. The zero-order valence-corrected chi connectivity index (χ0v) is 16.1. The number of alkyl halides is 3. The summed E-state index contributed by atoms with van der Waals surface area (Å²) in [5, 5.41) is 1.34. The van der Waals surface area contributed by atoms with Gasteiger partial charge in [-0.2, -0.15) is 13.2 Å². The predicted octanol–water partition coefficient (Wildman–Crippen LogP) is 4.93. The number of thiophene rings is 1. The Morgan fingerprint density at radius 3 is 2.39 bits per heavy atom. The van der Waals surface area contributed by atoms with E-state index in [2.05, 4.69) is 4.98 Å². The van der Waals surface area contributed by atoms with Gasteiger partial charge in [0, 0.05) is 42.5 Å². The number of hydrogen-bond donors (Lipinski definition) is 0. The van der Waals surface area contributed by atoms with Crippen molar-refractivity contribution in [3.63, 3.8) is 0 Å². The summed E-state index contributed by atoms with van der Waals surface area (Å²) in [5.74, 6) is 0.353. The van der Waals surface area contributed by atoms with Crippen molar-refractivity contribution in [1.82, 2.24) is 9.88 Å². The normalized spacial score (nSPS) is 15.3. The van der Waals surface area contributed by atoms with Gasteiger partial charge in [0.05, 0.1) is 10.6 Å². The van der Waals surface area contributed by atoms with Gasteiger partial charge in [-0.1, -0.05) is 29.8 Å². The van der Waals surface area contributed by atoms with Gasteiger partial charge in [0.15, 0.2) is 0 Å². The van der Waals surface area contributed by atoms with Crippen LogP contribution in [0.4, 0.5) is 19.0 Å². The van der Waals surface area contributed by atoms with Crippen molar-refractivity contribution in [2.45, 2.75) is 6.18 Å². The summed E-state index contributed by atoms with van der Waals surface area (Å²) in [7, 11) is 0. The average Bonchev–Trinajstić information content (AvgIpc) is 3.04. The van der Waals surface area contributed by atoms with Gasteiger partial charge in [0.25, 0.3) is 5.91 Å². The molecule has 28 heavy (non-hydrogen) atoms.